The van der Waals surface area contributed by atoms with E-state index in [2.05, 4.69) is 0 Å². The molecule has 0 aliphatic carbocycles. The largest absolute Gasteiger partial charge is 0.507 e. The van der Waals surface area contributed by atoms with Crippen molar-refractivity contribution in [1.29, 1.82) is 0 Å². The number of benzene rings is 1. The van der Waals surface area contributed by atoms with Crippen LogP contribution < -0.4 is 0 Å². The molecule has 1 aliphatic rings. The minimum Gasteiger partial charge on any atom is -0.507 e. The first-order valence-corrected chi connectivity index (χ1v) is 4.08. The first kappa shape index (κ1) is 8.10. The molecule has 0 bridgehead atoms. The Morgan fingerprint density at radius 1 is 1.38 bits per heavy atom. The third-order valence-corrected chi connectivity index (χ3v) is 2.21. The number of cyclic esters (lactones) is 1. The van der Waals surface area contributed by atoms with Crippen LogP contribution in [-0.4, -0.2) is 11.1 Å². The van der Waals surface area contributed by atoms with Gasteiger partial charge >= 0.3 is 5.97 Å². The fraction of sp³-hybridized carbons (Fsp3) is 0.300. The van der Waals surface area contributed by atoms with Gasteiger partial charge in [-0.2, -0.15) is 0 Å². The van der Waals surface area contributed by atoms with Gasteiger partial charge in [-0.1, -0.05) is 6.07 Å². The number of hydrogen-bond donors (Lipinski definition) is 1. The highest BCUT2D eigenvalue weighted by Crippen LogP contribution is 2.40. The van der Waals surface area contributed by atoms with Crippen LogP contribution >= 0.6 is 0 Å². The van der Waals surface area contributed by atoms with E-state index in [9.17, 15) is 9.90 Å². The number of rotatable bonds is 0. The average molecular weight is 178 g/mol. The first-order chi connectivity index (χ1) is 6.02. The van der Waals surface area contributed by atoms with Gasteiger partial charge in [0.1, 0.15) is 11.4 Å². The summed E-state index contributed by atoms with van der Waals surface area (Å²) in [6, 6.07) is 4.85. The van der Waals surface area contributed by atoms with Crippen LogP contribution in [0.2, 0.25) is 0 Å². The number of ether oxygens (including phenoxy) is 1. The Morgan fingerprint density at radius 3 is 2.69 bits per heavy atom. The lowest BCUT2D eigenvalue weighted by molar-refractivity contribution is 0.00901. The van der Waals surface area contributed by atoms with Crippen molar-refractivity contribution >= 4 is 5.97 Å². The Kier molecular flexibility index (Phi) is 1.40. The maximum absolute atomic E-state index is 11.3. The molecule has 0 amide bonds. The van der Waals surface area contributed by atoms with Crippen LogP contribution in [0.15, 0.2) is 18.2 Å². The molecule has 13 heavy (non-hydrogen) atoms. The lowest BCUT2D eigenvalue weighted by Crippen LogP contribution is -2.16. The highest BCUT2D eigenvalue weighted by Gasteiger charge is 2.39. The van der Waals surface area contributed by atoms with Crippen molar-refractivity contribution in [2.24, 2.45) is 0 Å². The second-order valence-electron chi connectivity index (χ2n) is 3.60. The molecule has 0 saturated heterocycles. The number of fused-ring (bicyclic) bond motifs is 1. The van der Waals surface area contributed by atoms with Crippen LogP contribution in [0.5, 0.6) is 5.75 Å². The molecule has 2 rings (SSSR count). The van der Waals surface area contributed by atoms with Crippen LogP contribution in [-0.2, 0) is 10.3 Å². The van der Waals surface area contributed by atoms with Gasteiger partial charge in [-0.05, 0) is 26.0 Å². The van der Waals surface area contributed by atoms with Crippen LogP contribution in [0, 0.1) is 0 Å². The molecule has 1 heterocycles. The van der Waals surface area contributed by atoms with Crippen molar-refractivity contribution in [2.75, 3.05) is 0 Å². The van der Waals surface area contributed by atoms with Gasteiger partial charge in [0.05, 0.1) is 11.1 Å². The molecule has 1 aromatic carbocycles. The SMILES string of the molecule is CC1(C)OC(=O)c2cccc(O)c21. The standard InChI is InChI=1S/C10H10O3/c1-10(2)8-6(9(12)13-10)4-3-5-7(8)11/h3-5,11H,1-2H3. The molecule has 0 spiro atoms. The average Bonchev–Trinajstić information content (AvgIpc) is 2.24. The van der Waals surface area contributed by atoms with Gasteiger partial charge in [0.15, 0.2) is 0 Å². The Morgan fingerprint density at radius 2 is 2.08 bits per heavy atom. The molecule has 0 fully saturated rings. The number of hydrogen-bond acceptors (Lipinski definition) is 3. The minimum atomic E-state index is -0.711. The Labute approximate surface area is 76.0 Å². The molecule has 1 N–H and O–H groups in total. The lowest BCUT2D eigenvalue weighted by Gasteiger charge is -2.18. The second-order valence-corrected chi connectivity index (χ2v) is 3.60. The van der Waals surface area contributed by atoms with E-state index in [4.69, 9.17) is 4.74 Å². The highest BCUT2D eigenvalue weighted by atomic mass is 16.6. The molecule has 3 nitrogen and oxygen atoms in total. The molecule has 1 aromatic rings. The summed E-state index contributed by atoms with van der Waals surface area (Å²) in [4.78, 5) is 11.3. The maximum atomic E-state index is 11.3. The predicted molar refractivity (Wildman–Crippen MR) is 46.5 cm³/mol. The van der Waals surface area contributed by atoms with E-state index in [1.807, 2.05) is 0 Å². The van der Waals surface area contributed by atoms with E-state index in [1.165, 1.54) is 0 Å². The quantitative estimate of drug-likeness (QED) is 0.616. The van der Waals surface area contributed by atoms with Gasteiger partial charge < -0.3 is 9.84 Å². The minimum absolute atomic E-state index is 0.119. The van der Waals surface area contributed by atoms with Crippen molar-refractivity contribution < 1.29 is 14.6 Å². The molecule has 1 aliphatic heterocycles. The van der Waals surface area contributed by atoms with Crippen LogP contribution in [0.1, 0.15) is 29.8 Å². The zero-order valence-electron chi connectivity index (χ0n) is 7.50. The van der Waals surface area contributed by atoms with Crippen molar-refractivity contribution in [3.8, 4) is 5.75 Å². The van der Waals surface area contributed by atoms with Crippen LogP contribution in [0.4, 0.5) is 0 Å². The smallest absolute Gasteiger partial charge is 0.339 e. The third-order valence-electron chi connectivity index (χ3n) is 2.21. The summed E-state index contributed by atoms with van der Waals surface area (Å²) in [5.41, 5.74) is 0.336. The number of aromatic hydroxyl groups is 1. The Hall–Kier alpha value is -1.51. The number of esters is 1. The van der Waals surface area contributed by atoms with Crippen molar-refractivity contribution in [3.05, 3.63) is 29.3 Å². The molecule has 0 radical (unpaired) electrons. The lowest BCUT2D eigenvalue weighted by atomic mass is 9.95. The van der Waals surface area contributed by atoms with E-state index in [0.717, 1.165) is 0 Å². The fourth-order valence-electron chi connectivity index (χ4n) is 1.68. The van der Waals surface area contributed by atoms with Gasteiger partial charge in [-0.15, -0.1) is 0 Å². The molecule has 68 valence electrons. The number of carbonyl (C=O) groups is 1. The summed E-state index contributed by atoms with van der Waals surface area (Å²) in [5.74, 6) is -0.246. The summed E-state index contributed by atoms with van der Waals surface area (Å²) in [7, 11) is 0. The molecule has 3 heteroatoms. The third kappa shape index (κ3) is 1.00. The van der Waals surface area contributed by atoms with Crippen LogP contribution in [0.3, 0.4) is 0 Å². The highest BCUT2D eigenvalue weighted by molar-refractivity contribution is 5.95. The van der Waals surface area contributed by atoms with E-state index in [1.54, 1.807) is 32.0 Å². The van der Waals surface area contributed by atoms with E-state index >= 15 is 0 Å². The molecule has 0 unspecified atom stereocenters. The number of carbonyl (C=O) groups excluding carboxylic acids is 1. The number of phenols is 1. The molecule has 0 aromatic heterocycles. The summed E-state index contributed by atoms with van der Waals surface area (Å²) in [6.07, 6.45) is 0. The Balaban J connectivity index is 2.73. The fourth-order valence-corrected chi connectivity index (χ4v) is 1.68. The van der Waals surface area contributed by atoms with Gasteiger partial charge in [-0.3, -0.25) is 0 Å². The predicted octanol–water partition coefficient (Wildman–Crippen LogP) is 1.80. The molecular formula is C10H10O3. The van der Waals surface area contributed by atoms with Crippen molar-refractivity contribution in [3.63, 3.8) is 0 Å². The van der Waals surface area contributed by atoms with Crippen LogP contribution in [0.25, 0.3) is 0 Å². The van der Waals surface area contributed by atoms with E-state index in [0.29, 0.717) is 11.1 Å². The normalized spacial score (nSPS) is 18.2. The molecule has 0 atom stereocenters. The summed E-state index contributed by atoms with van der Waals surface area (Å²) < 4.78 is 5.10. The van der Waals surface area contributed by atoms with E-state index in [-0.39, 0.29) is 11.7 Å². The zero-order chi connectivity index (χ0) is 9.64. The first-order valence-electron chi connectivity index (χ1n) is 4.08. The van der Waals surface area contributed by atoms with Gasteiger partial charge in [0.25, 0.3) is 0 Å². The Bertz CT molecular complexity index is 380. The molecule has 0 saturated carbocycles. The van der Waals surface area contributed by atoms with E-state index < -0.39 is 5.60 Å². The second kappa shape index (κ2) is 2.25. The summed E-state index contributed by atoms with van der Waals surface area (Å²) in [5, 5.41) is 9.55. The maximum Gasteiger partial charge on any atom is 0.339 e. The zero-order valence-corrected chi connectivity index (χ0v) is 7.50. The van der Waals surface area contributed by atoms with Crippen molar-refractivity contribution in [2.45, 2.75) is 19.4 Å². The summed E-state index contributed by atoms with van der Waals surface area (Å²) >= 11 is 0. The number of phenolic OH excluding ortho intramolecular Hbond substituents is 1. The van der Waals surface area contributed by atoms with Gasteiger partial charge in [-0.25, -0.2) is 4.79 Å². The topological polar surface area (TPSA) is 46.5 Å². The van der Waals surface area contributed by atoms with Gasteiger partial charge in [0.2, 0.25) is 0 Å². The van der Waals surface area contributed by atoms with Gasteiger partial charge in [0, 0.05) is 0 Å². The monoisotopic (exact) mass is 178 g/mol. The summed E-state index contributed by atoms with van der Waals surface area (Å²) in [6.45, 7) is 3.52. The van der Waals surface area contributed by atoms with Crippen molar-refractivity contribution in [1.82, 2.24) is 0 Å². The molecular weight excluding hydrogens is 168 g/mol.